The molecule has 1 aliphatic rings. The summed E-state index contributed by atoms with van der Waals surface area (Å²) in [6.45, 7) is 2.48. The van der Waals surface area contributed by atoms with Crippen LogP contribution in [-0.2, 0) is 11.3 Å². The molecule has 1 aromatic carbocycles. The molecule has 1 amide bonds. The van der Waals surface area contributed by atoms with E-state index in [-0.39, 0.29) is 12.0 Å². The number of aromatic nitrogens is 3. The molecule has 0 aliphatic carbocycles. The molecule has 0 spiro atoms. The minimum atomic E-state index is -0.163. The summed E-state index contributed by atoms with van der Waals surface area (Å²) >= 11 is 5.91. The molecule has 0 radical (unpaired) electrons. The number of nitrogens with two attached hydrogens (primary N) is 1. The van der Waals surface area contributed by atoms with Crippen LogP contribution in [-0.4, -0.2) is 52.0 Å². The summed E-state index contributed by atoms with van der Waals surface area (Å²) in [5.74, 6) is -0.143. The fourth-order valence-corrected chi connectivity index (χ4v) is 2.64. The van der Waals surface area contributed by atoms with Crippen molar-refractivity contribution in [2.24, 2.45) is 5.73 Å². The Kier molecular flexibility index (Phi) is 4.90. The van der Waals surface area contributed by atoms with Gasteiger partial charge in [-0.25, -0.2) is 0 Å². The molecule has 122 valence electrons. The molecule has 0 unspecified atom stereocenters. The van der Waals surface area contributed by atoms with Gasteiger partial charge in [-0.2, -0.15) is 0 Å². The number of amides is 1. The van der Waals surface area contributed by atoms with E-state index in [1.165, 1.54) is 0 Å². The number of morpholine rings is 1. The lowest BCUT2D eigenvalue weighted by atomic mass is 10.1. The number of carbonyl (C=O) groups is 1. The van der Waals surface area contributed by atoms with Crippen molar-refractivity contribution in [3.63, 3.8) is 0 Å². The Labute approximate surface area is 139 Å². The predicted octanol–water partition coefficient (Wildman–Crippen LogP) is 1.10. The van der Waals surface area contributed by atoms with E-state index in [1.54, 1.807) is 15.8 Å². The number of rotatable bonds is 4. The topological polar surface area (TPSA) is 86.3 Å². The quantitative estimate of drug-likeness (QED) is 0.904. The first-order valence-corrected chi connectivity index (χ1v) is 7.81. The fourth-order valence-electron chi connectivity index (χ4n) is 2.51. The highest BCUT2D eigenvalue weighted by Crippen LogP contribution is 2.24. The Hall–Kier alpha value is -1.96. The summed E-state index contributed by atoms with van der Waals surface area (Å²) in [5.41, 5.74) is 6.80. The Morgan fingerprint density at radius 1 is 1.39 bits per heavy atom. The van der Waals surface area contributed by atoms with Gasteiger partial charge in [-0.3, -0.25) is 9.48 Å². The molecule has 8 heteroatoms. The molecule has 1 saturated heterocycles. The molecular weight excluding hydrogens is 318 g/mol. The average Bonchev–Trinajstić information content (AvgIpc) is 3.04. The van der Waals surface area contributed by atoms with E-state index in [1.807, 2.05) is 24.3 Å². The van der Waals surface area contributed by atoms with Gasteiger partial charge < -0.3 is 15.4 Å². The van der Waals surface area contributed by atoms with Crippen LogP contribution >= 0.6 is 11.6 Å². The van der Waals surface area contributed by atoms with Gasteiger partial charge in [0, 0.05) is 18.1 Å². The normalized spacial score (nSPS) is 18.2. The molecule has 1 fully saturated rings. The molecular formula is C15H18ClN5O2. The zero-order chi connectivity index (χ0) is 16.2. The van der Waals surface area contributed by atoms with Crippen LogP contribution < -0.4 is 5.73 Å². The van der Waals surface area contributed by atoms with Crippen LogP contribution in [0.1, 0.15) is 22.2 Å². The third-order valence-corrected chi connectivity index (χ3v) is 3.96. The van der Waals surface area contributed by atoms with Crippen LogP contribution in [0.5, 0.6) is 0 Å². The van der Waals surface area contributed by atoms with Gasteiger partial charge >= 0.3 is 0 Å². The minimum Gasteiger partial charge on any atom is -0.370 e. The summed E-state index contributed by atoms with van der Waals surface area (Å²) in [7, 11) is 0. The van der Waals surface area contributed by atoms with E-state index in [0.717, 1.165) is 5.56 Å². The van der Waals surface area contributed by atoms with Crippen LogP contribution in [0.3, 0.4) is 0 Å². The second kappa shape index (κ2) is 7.08. The summed E-state index contributed by atoms with van der Waals surface area (Å²) in [5, 5.41) is 8.50. The SMILES string of the molecule is NCCn1cc(C(=O)N2CCO[C@H](c3ccc(Cl)cc3)C2)nn1. The van der Waals surface area contributed by atoms with Crippen molar-refractivity contribution in [3.05, 3.63) is 46.7 Å². The lowest BCUT2D eigenvalue weighted by Gasteiger charge is -2.32. The number of halogens is 1. The number of hydrogen-bond donors (Lipinski definition) is 1. The summed E-state index contributed by atoms with van der Waals surface area (Å²) in [4.78, 5) is 14.3. The molecule has 3 rings (SSSR count). The minimum absolute atomic E-state index is 0.143. The van der Waals surface area contributed by atoms with Gasteiger partial charge in [0.05, 0.1) is 25.9 Å². The second-order valence-corrected chi connectivity index (χ2v) is 5.75. The molecule has 1 atom stereocenters. The summed E-state index contributed by atoms with van der Waals surface area (Å²) in [6, 6.07) is 7.47. The lowest BCUT2D eigenvalue weighted by Crippen LogP contribution is -2.42. The molecule has 2 heterocycles. The van der Waals surface area contributed by atoms with E-state index in [2.05, 4.69) is 10.3 Å². The molecule has 0 bridgehead atoms. The van der Waals surface area contributed by atoms with Crippen molar-refractivity contribution in [1.29, 1.82) is 0 Å². The van der Waals surface area contributed by atoms with Crippen molar-refractivity contribution >= 4 is 17.5 Å². The highest BCUT2D eigenvalue weighted by Gasteiger charge is 2.27. The Bertz CT molecular complexity index is 673. The zero-order valence-electron chi connectivity index (χ0n) is 12.6. The van der Waals surface area contributed by atoms with Gasteiger partial charge in [0.1, 0.15) is 6.10 Å². The van der Waals surface area contributed by atoms with Gasteiger partial charge in [0.2, 0.25) is 0 Å². The molecule has 0 saturated carbocycles. The zero-order valence-corrected chi connectivity index (χ0v) is 13.3. The lowest BCUT2D eigenvalue weighted by molar-refractivity contribution is -0.0230. The van der Waals surface area contributed by atoms with E-state index in [9.17, 15) is 4.79 Å². The van der Waals surface area contributed by atoms with Crippen LogP contribution in [0, 0.1) is 0 Å². The number of ether oxygens (including phenoxy) is 1. The standard InChI is InChI=1S/C15H18ClN5O2/c16-12-3-1-11(2-4-12)14-10-20(7-8-23-14)15(22)13-9-21(6-5-17)19-18-13/h1-4,9,14H,5-8,10,17H2/t14-/m0/s1. The summed E-state index contributed by atoms with van der Waals surface area (Å²) in [6.07, 6.45) is 1.46. The molecule has 2 N–H and O–H groups in total. The van der Waals surface area contributed by atoms with Crippen LogP contribution in [0.4, 0.5) is 0 Å². The van der Waals surface area contributed by atoms with Gasteiger partial charge in [-0.15, -0.1) is 5.10 Å². The van der Waals surface area contributed by atoms with E-state index in [4.69, 9.17) is 22.1 Å². The maximum absolute atomic E-state index is 12.6. The van der Waals surface area contributed by atoms with Crippen molar-refractivity contribution in [1.82, 2.24) is 19.9 Å². The van der Waals surface area contributed by atoms with Crippen molar-refractivity contribution < 1.29 is 9.53 Å². The maximum atomic E-state index is 12.6. The molecule has 7 nitrogen and oxygen atoms in total. The largest absolute Gasteiger partial charge is 0.370 e. The highest BCUT2D eigenvalue weighted by molar-refractivity contribution is 6.30. The Balaban J connectivity index is 1.69. The fraction of sp³-hybridized carbons (Fsp3) is 0.400. The monoisotopic (exact) mass is 335 g/mol. The molecule has 1 aromatic heterocycles. The van der Waals surface area contributed by atoms with Gasteiger partial charge in [0.15, 0.2) is 5.69 Å². The molecule has 1 aliphatic heterocycles. The second-order valence-electron chi connectivity index (χ2n) is 5.32. The van der Waals surface area contributed by atoms with Crippen LogP contribution in [0.15, 0.2) is 30.5 Å². The number of carbonyl (C=O) groups excluding carboxylic acids is 1. The predicted molar refractivity (Wildman–Crippen MR) is 85.1 cm³/mol. The van der Waals surface area contributed by atoms with E-state index in [0.29, 0.717) is 43.5 Å². The Morgan fingerprint density at radius 3 is 2.91 bits per heavy atom. The third-order valence-electron chi connectivity index (χ3n) is 3.71. The first-order chi connectivity index (χ1) is 11.2. The number of nitrogens with zero attached hydrogens (tertiary/aromatic N) is 4. The van der Waals surface area contributed by atoms with E-state index < -0.39 is 0 Å². The third kappa shape index (κ3) is 3.69. The summed E-state index contributed by atoms with van der Waals surface area (Å²) < 4.78 is 7.34. The van der Waals surface area contributed by atoms with Crippen molar-refractivity contribution in [2.75, 3.05) is 26.2 Å². The molecule has 23 heavy (non-hydrogen) atoms. The highest BCUT2D eigenvalue weighted by atomic mass is 35.5. The number of benzene rings is 1. The van der Waals surface area contributed by atoms with Crippen molar-refractivity contribution in [2.45, 2.75) is 12.6 Å². The smallest absolute Gasteiger partial charge is 0.276 e. The maximum Gasteiger partial charge on any atom is 0.276 e. The van der Waals surface area contributed by atoms with Gasteiger partial charge in [-0.05, 0) is 17.7 Å². The molecule has 2 aromatic rings. The van der Waals surface area contributed by atoms with Gasteiger partial charge in [-0.1, -0.05) is 28.9 Å². The first kappa shape index (κ1) is 15.9. The van der Waals surface area contributed by atoms with Gasteiger partial charge in [0.25, 0.3) is 5.91 Å². The first-order valence-electron chi connectivity index (χ1n) is 7.44. The van der Waals surface area contributed by atoms with E-state index >= 15 is 0 Å². The van der Waals surface area contributed by atoms with Crippen molar-refractivity contribution in [3.8, 4) is 0 Å². The average molecular weight is 336 g/mol. The van der Waals surface area contributed by atoms with Crippen LogP contribution in [0.25, 0.3) is 0 Å². The van der Waals surface area contributed by atoms with Crippen LogP contribution in [0.2, 0.25) is 5.02 Å². The Morgan fingerprint density at radius 2 is 2.17 bits per heavy atom. The number of hydrogen-bond acceptors (Lipinski definition) is 5.